The fourth-order valence-corrected chi connectivity index (χ4v) is 2.60. The molecule has 1 N–H and O–H groups in total. The van der Waals surface area contributed by atoms with Gasteiger partial charge in [0.05, 0.1) is 0 Å². The average molecular weight is 268 g/mol. The number of hydrogen-bond acceptors (Lipinski definition) is 2. The fraction of sp³-hybridized carbons (Fsp3) is 0.600. The smallest absolute Gasteiger partial charge is 0.159 e. The number of nitrogens with one attached hydrogen (secondary N) is 1. The molecule has 1 saturated heterocycles. The third-order valence-electron chi connectivity index (χ3n) is 3.81. The van der Waals surface area contributed by atoms with Gasteiger partial charge in [-0.1, -0.05) is 6.07 Å². The van der Waals surface area contributed by atoms with Crippen LogP contribution in [0.25, 0.3) is 0 Å². The number of nitrogens with zero attached hydrogens (tertiary/aromatic N) is 1. The highest BCUT2D eigenvalue weighted by atomic mass is 19.2. The second kappa shape index (κ2) is 6.96. The number of halogens is 2. The lowest BCUT2D eigenvalue weighted by molar-refractivity contribution is 0.265. The molecule has 4 heteroatoms. The van der Waals surface area contributed by atoms with E-state index in [9.17, 15) is 8.78 Å². The molecule has 0 aromatic heterocycles. The van der Waals surface area contributed by atoms with Crippen LogP contribution in [0.3, 0.4) is 0 Å². The molecule has 0 spiro atoms. The van der Waals surface area contributed by atoms with Crippen LogP contribution >= 0.6 is 0 Å². The Bertz CT molecular complexity index is 403. The molecule has 1 fully saturated rings. The minimum Gasteiger partial charge on any atom is -0.317 e. The van der Waals surface area contributed by atoms with Crippen molar-refractivity contribution in [2.45, 2.75) is 25.8 Å². The molecule has 1 aliphatic heterocycles. The molecule has 0 unspecified atom stereocenters. The van der Waals surface area contributed by atoms with Crippen molar-refractivity contribution in [2.24, 2.45) is 5.92 Å². The van der Waals surface area contributed by atoms with Gasteiger partial charge in [0, 0.05) is 6.54 Å². The Kier molecular flexibility index (Phi) is 5.28. The Labute approximate surface area is 113 Å². The Morgan fingerprint density at radius 3 is 2.63 bits per heavy atom. The van der Waals surface area contributed by atoms with Crippen LogP contribution in [0.15, 0.2) is 18.2 Å². The largest absolute Gasteiger partial charge is 0.317 e. The van der Waals surface area contributed by atoms with E-state index < -0.39 is 11.6 Å². The first-order valence-electron chi connectivity index (χ1n) is 6.98. The molecule has 0 atom stereocenters. The summed E-state index contributed by atoms with van der Waals surface area (Å²) in [6, 6.07) is 4.14. The Hall–Kier alpha value is -1.00. The molecular weight excluding hydrogens is 246 g/mol. The van der Waals surface area contributed by atoms with E-state index in [1.807, 2.05) is 7.05 Å². The Morgan fingerprint density at radius 1 is 1.21 bits per heavy atom. The monoisotopic (exact) mass is 268 g/mol. The topological polar surface area (TPSA) is 15.3 Å². The van der Waals surface area contributed by atoms with E-state index in [0.29, 0.717) is 6.54 Å². The second-order valence-corrected chi connectivity index (χ2v) is 5.47. The summed E-state index contributed by atoms with van der Waals surface area (Å²) in [7, 11) is 2.03. The van der Waals surface area contributed by atoms with Crippen molar-refractivity contribution in [1.82, 2.24) is 10.2 Å². The molecule has 2 nitrogen and oxygen atoms in total. The molecule has 1 aromatic carbocycles. The quantitative estimate of drug-likeness (QED) is 0.883. The maximum atomic E-state index is 13.1. The fourth-order valence-electron chi connectivity index (χ4n) is 2.60. The molecule has 0 aliphatic carbocycles. The summed E-state index contributed by atoms with van der Waals surface area (Å²) in [5, 5.41) is 3.36. The number of hydrogen-bond donors (Lipinski definition) is 1. The molecule has 0 radical (unpaired) electrons. The summed E-state index contributed by atoms with van der Waals surface area (Å²) in [6.45, 7) is 3.92. The van der Waals surface area contributed by atoms with E-state index in [-0.39, 0.29) is 0 Å². The van der Waals surface area contributed by atoms with Crippen LogP contribution in [0.4, 0.5) is 8.78 Å². The van der Waals surface area contributed by atoms with Gasteiger partial charge in [-0.15, -0.1) is 0 Å². The summed E-state index contributed by atoms with van der Waals surface area (Å²) < 4.78 is 25.9. The lowest BCUT2D eigenvalue weighted by atomic mass is 9.94. The normalized spacial score (nSPS) is 17.1. The van der Waals surface area contributed by atoms with Gasteiger partial charge in [0.1, 0.15) is 0 Å². The lowest BCUT2D eigenvalue weighted by Crippen LogP contribution is -2.30. The van der Waals surface area contributed by atoms with E-state index in [0.717, 1.165) is 31.1 Å². The number of piperidine rings is 1. The first kappa shape index (κ1) is 14.4. The maximum Gasteiger partial charge on any atom is 0.159 e. The van der Waals surface area contributed by atoms with Gasteiger partial charge >= 0.3 is 0 Å². The second-order valence-electron chi connectivity index (χ2n) is 5.47. The van der Waals surface area contributed by atoms with Gasteiger partial charge in [-0.3, -0.25) is 0 Å². The van der Waals surface area contributed by atoms with Crippen LogP contribution in [0, 0.1) is 17.6 Å². The molecule has 0 saturated carbocycles. The van der Waals surface area contributed by atoms with Crippen LogP contribution in [-0.4, -0.2) is 31.6 Å². The predicted octanol–water partition coefficient (Wildman–Crippen LogP) is 2.79. The van der Waals surface area contributed by atoms with E-state index in [2.05, 4.69) is 10.2 Å². The van der Waals surface area contributed by atoms with E-state index >= 15 is 0 Å². The maximum absolute atomic E-state index is 13.1. The van der Waals surface area contributed by atoms with Crippen molar-refractivity contribution in [2.75, 3.05) is 26.7 Å². The van der Waals surface area contributed by atoms with E-state index in [4.69, 9.17) is 0 Å². The molecule has 1 aromatic rings. The first-order valence-corrected chi connectivity index (χ1v) is 6.98. The zero-order chi connectivity index (χ0) is 13.7. The minimum absolute atomic E-state index is 0.669. The van der Waals surface area contributed by atoms with Gasteiger partial charge in [-0.05, 0) is 69.6 Å². The van der Waals surface area contributed by atoms with Gasteiger partial charge in [0.25, 0.3) is 0 Å². The van der Waals surface area contributed by atoms with Crippen molar-refractivity contribution in [3.63, 3.8) is 0 Å². The highest BCUT2D eigenvalue weighted by molar-refractivity contribution is 5.17. The standard InChI is InChI=1S/C15H22F2N2/c1-19(9-6-12-4-7-18-8-5-12)11-13-2-3-14(16)15(17)10-13/h2-3,10,12,18H,4-9,11H2,1H3. The molecule has 106 valence electrons. The van der Waals surface area contributed by atoms with Crippen LogP contribution in [-0.2, 0) is 6.54 Å². The van der Waals surface area contributed by atoms with Gasteiger partial charge in [0.2, 0.25) is 0 Å². The zero-order valence-corrected chi connectivity index (χ0v) is 11.5. The van der Waals surface area contributed by atoms with Crippen molar-refractivity contribution >= 4 is 0 Å². The molecule has 0 amide bonds. The number of benzene rings is 1. The van der Waals surface area contributed by atoms with Crippen LogP contribution in [0.1, 0.15) is 24.8 Å². The summed E-state index contributed by atoms with van der Waals surface area (Å²) in [5.41, 5.74) is 0.826. The van der Waals surface area contributed by atoms with Gasteiger partial charge in [0.15, 0.2) is 11.6 Å². The Balaban J connectivity index is 1.76. The van der Waals surface area contributed by atoms with E-state index in [1.54, 1.807) is 6.07 Å². The molecule has 0 bridgehead atoms. The van der Waals surface area contributed by atoms with Gasteiger partial charge < -0.3 is 10.2 Å². The summed E-state index contributed by atoms with van der Waals surface area (Å²) in [5.74, 6) is -0.737. The summed E-state index contributed by atoms with van der Waals surface area (Å²) in [6.07, 6.45) is 3.68. The van der Waals surface area contributed by atoms with E-state index in [1.165, 1.54) is 31.4 Å². The van der Waals surface area contributed by atoms with Crippen molar-refractivity contribution in [1.29, 1.82) is 0 Å². The highest BCUT2D eigenvalue weighted by Gasteiger charge is 2.13. The number of rotatable bonds is 5. The third kappa shape index (κ3) is 4.55. The molecule has 1 aliphatic rings. The van der Waals surface area contributed by atoms with Crippen molar-refractivity contribution in [3.05, 3.63) is 35.4 Å². The minimum atomic E-state index is -0.777. The predicted molar refractivity (Wildman–Crippen MR) is 72.9 cm³/mol. The summed E-state index contributed by atoms with van der Waals surface area (Å²) >= 11 is 0. The lowest BCUT2D eigenvalue weighted by Gasteiger charge is -2.25. The third-order valence-corrected chi connectivity index (χ3v) is 3.81. The average Bonchev–Trinajstić information content (AvgIpc) is 2.42. The van der Waals surface area contributed by atoms with Crippen LogP contribution < -0.4 is 5.32 Å². The van der Waals surface area contributed by atoms with Crippen LogP contribution in [0.5, 0.6) is 0 Å². The van der Waals surface area contributed by atoms with Crippen molar-refractivity contribution in [3.8, 4) is 0 Å². The summed E-state index contributed by atoms with van der Waals surface area (Å²) in [4.78, 5) is 2.18. The Morgan fingerprint density at radius 2 is 1.95 bits per heavy atom. The van der Waals surface area contributed by atoms with Crippen LogP contribution in [0.2, 0.25) is 0 Å². The first-order chi connectivity index (χ1) is 9.15. The van der Waals surface area contributed by atoms with Gasteiger partial charge in [-0.25, -0.2) is 8.78 Å². The molecule has 2 rings (SSSR count). The zero-order valence-electron chi connectivity index (χ0n) is 11.5. The SMILES string of the molecule is CN(CCC1CCNCC1)Cc1ccc(F)c(F)c1. The van der Waals surface area contributed by atoms with Gasteiger partial charge in [-0.2, -0.15) is 0 Å². The molecular formula is C15H22F2N2. The molecule has 19 heavy (non-hydrogen) atoms. The highest BCUT2D eigenvalue weighted by Crippen LogP contribution is 2.17. The molecule has 1 heterocycles. The van der Waals surface area contributed by atoms with Crippen molar-refractivity contribution < 1.29 is 8.78 Å².